The third kappa shape index (κ3) is 3.60. The van der Waals surface area contributed by atoms with Crippen LogP contribution in [0.3, 0.4) is 0 Å². The SMILES string of the molecule is CCCCc1oc2ccccc2c1CNCC(C)C. The number of hydrogen-bond donors (Lipinski definition) is 1. The highest BCUT2D eigenvalue weighted by Crippen LogP contribution is 2.27. The van der Waals surface area contributed by atoms with E-state index in [1.807, 2.05) is 6.07 Å². The molecule has 0 saturated heterocycles. The van der Waals surface area contributed by atoms with Gasteiger partial charge < -0.3 is 9.73 Å². The first-order valence-electron chi connectivity index (χ1n) is 7.42. The Morgan fingerprint density at radius 1 is 1.21 bits per heavy atom. The van der Waals surface area contributed by atoms with E-state index in [1.54, 1.807) is 0 Å². The van der Waals surface area contributed by atoms with Crippen LogP contribution < -0.4 is 5.32 Å². The summed E-state index contributed by atoms with van der Waals surface area (Å²) < 4.78 is 6.02. The van der Waals surface area contributed by atoms with Crippen molar-refractivity contribution in [3.8, 4) is 0 Å². The summed E-state index contributed by atoms with van der Waals surface area (Å²) in [4.78, 5) is 0. The number of benzene rings is 1. The maximum atomic E-state index is 6.02. The van der Waals surface area contributed by atoms with E-state index in [1.165, 1.54) is 29.6 Å². The monoisotopic (exact) mass is 259 g/mol. The minimum Gasteiger partial charge on any atom is -0.461 e. The third-order valence-electron chi connectivity index (χ3n) is 3.39. The van der Waals surface area contributed by atoms with Gasteiger partial charge in [-0.2, -0.15) is 0 Å². The van der Waals surface area contributed by atoms with Crippen molar-refractivity contribution in [3.05, 3.63) is 35.6 Å². The smallest absolute Gasteiger partial charge is 0.134 e. The predicted octanol–water partition coefficient (Wildman–Crippen LogP) is 4.52. The molecule has 2 nitrogen and oxygen atoms in total. The minimum absolute atomic E-state index is 0.678. The maximum absolute atomic E-state index is 6.02. The van der Waals surface area contributed by atoms with Gasteiger partial charge in [0.25, 0.3) is 0 Å². The number of hydrogen-bond acceptors (Lipinski definition) is 2. The molecule has 19 heavy (non-hydrogen) atoms. The highest BCUT2D eigenvalue weighted by atomic mass is 16.3. The second kappa shape index (κ2) is 6.76. The molecule has 1 N–H and O–H groups in total. The van der Waals surface area contributed by atoms with Gasteiger partial charge in [0.05, 0.1) is 0 Å². The van der Waals surface area contributed by atoms with E-state index < -0.39 is 0 Å². The fourth-order valence-corrected chi connectivity index (χ4v) is 2.37. The number of fused-ring (bicyclic) bond motifs is 1. The number of furan rings is 1. The topological polar surface area (TPSA) is 25.2 Å². The Kier molecular flexibility index (Phi) is 5.03. The summed E-state index contributed by atoms with van der Waals surface area (Å²) in [6.07, 6.45) is 3.44. The van der Waals surface area contributed by atoms with Crippen LogP contribution in [-0.4, -0.2) is 6.54 Å². The van der Waals surface area contributed by atoms with Crippen LogP contribution in [-0.2, 0) is 13.0 Å². The number of aryl methyl sites for hydroxylation is 1. The molecular formula is C17H25NO. The molecule has 104 valence electrons. The van der Waals surface area contributed by atoms with Gasteiger partial charge in [0.15, 0.2) is 0 Å². The second-order valence-electron chi connectivity index (χ2n) is 5.63. The maximum Gasteiger partial charge on any atom is 0.134 e. The summed E-state index contributed by atoms with van der Waals surface area (Å²) in [5.41, 5.74) is 2.37. The molecule has 2 heteroatoms. The lowest BCUT2D eigenvalue weighted by molar-refractivity contribution is 0.514. The zero-order valence-corrected chi connectivity index (χ0v) is 12.3. The molecule has 1 aromatic heterocycles. The molecule has 0 spiro atoms. The molecule has 0 saturated carbocycles. The van der Waals surface area contributed by atoms with Crippen LogP contribution in [0.5, 0.6) is 0 Å². The summed E-state index contributed by atoms with van der Waals surface area (Å²) in [5.74, 6) is 1.84. The zero-order valence-electron chi connectivity index (χ0n) is 12.3. The molecule has 0 radical (unpaired) electrons. The minimum atomic E-state index is 0.678. The first-order valence-corrected chi connectivity index (χ1v) is 7.42. The highest BCUT2D eigenvalue weighted by molar-refractivity contribution is 5.82. The fourth-order valence-electron chi connectivity index (χ4n) is 2.37. The van der Waals surface area contributed by atoms with Gasteiger partial charge in [-0.3, -0.25) is 0 Å². The van der Waals surface area contributed by atoms with Crippen molar-refractivity contribution in [1.82, 2.24) is 5.32 Å². The van der Waals surface area contributed by atoms with E-state index in [4.69, 9.17) is 4.42 Å². The molecular weight excluding hydrogens is 234 g/mol. The first-order chi connectivity index (χ1) is 9.22. The zero-order chi connectivity index (χ0) is 13.7. The van der Waals surface area contributed by atoms with E-state index >= 15 is 0 Å². The van der Waals surface area contributed by atoms with Gasteiger partial charge in [0.1, 0.15) is 11.3 Å². The van der Waals surface area contributed by atoms with Crippen LogP contribution in [0.4, 0.5) is 0 Å². The largest absolute Gasteiger partial charge is 0.461 e. The Morgan fingerprint density at radius 3 is 2.74 bits per heavy atom. The Hall–Kier alpha value is -1.28. The number of rotatable bonds is 7. The molecule has 0 amide bonds. The molecule has 1 heterocycles. The standard InChI is InChI=1S/C17H25NO/c1-4-5-9-17-15(12-18-11-13(2)3)14-8-6-7-10-16(14)19-17/h6-8,10,13,18H,4-5,9,11-12H2,1-3H3. The van der Waals surface area contributed by atoms with Crippen molar-refractivity contribution in [2.45, 2.75) is 46.6 Å². The normalized spacial score (nSPS) is 11.6. The van der Waals surface area contributed by atoms with E-state index in [0.29, 0.717) is 5.92 Å². The summed E-state index contributed by atoms with van der Waals surface area (Å²) in [7, 11) is 0. The van der Waals surface area contributed by atoms with Crippen molar-refractivity contribution in [3.63, 3.8) is 0 Å². The Bertz CT molecular complexity index is 513. The molecule has 2 aromatic rings. The van der Waals surface area contributed by atoms with Gasteiger partial charge in [-0.25, -0.2) is 0 Å². The summed E-state index contributed by atoms with van der Waals surface area (Å²) in [5, 5.41) is 4.80. The summed E-state index contributed by atoms with van der Waals surface area (Å²) in [6, 6.07) is 8.37. The van der Waals surface area contributed by atoms with Gasteiger partial charge in [-0.05, 0) is 24.9 Å². The van der Waals surface area contributed by atoms with Crippen LogP contribution in [0.1, 0.15) is 44.9 Å². The lowest BCUT2D eigenvalue weighted by atomic mass is 10.1. The van der Waals surface area contributed by atoms with Gasteiger partial charge >= 0.3 is 0 Å². The van der Waals surface area contributed by atoms with Gasteiger partial charge in [-0.15, -0.1) is 0 Å². The summed E-state index contributed by atoms with van der Waals surface area (Å²) in [6.45, 7) is 8.65. The summed E-state index contributed by atoms with van der Waals surface area (Å²) >= 11 is 0. The predicted molar refractivity (Wildman–Crippen MR) is 81.4 cm³/mol. The van der Waals surface area contributed by atoms with Crippen LogP contribution in [0.2, 0.25) is 0 Å². The van der Waals surface area contributed by atoms with E-state index in [9.17, 15) is 0 Å². The second-order valence-corrected chi connectivity index (χ2v) is 5.63. The average molecular weight is 259 g/mol. The molecule has 0 unspecified atom stereocenters. The van der Waals surface area contributed by atoms with Gasteiger partial charge in [0, 0.05) is 23.9 Å². The van der Waals surface area contributed by atoms with Crippen molar-refractivity contribution >= 4 is 11.0 Å². The molecule has 0 fully saturated rings. The molecule has 0 aliphatic carbocycles. The van der Waals surface area contributed by atoms with Crippen LogP contribution >= 0.6 is 0 Å². The quantitative estimate of drug-likeness (QED) is 0.790. The molecule has 2 rings (SSSR count). The lowest BCUT2D eigenvalue weighted by Gasteiger charge is -2.08. The Balaban J connectivity index is 2.21. The average Bonchev–Trinajstić information content (AvgIpc) is 2.74. The number of para-hydroxylation sites is 1. The molecule has 0 aliphatic heterocycles. The first kappa shape index (κ1) is 14.1. The third-order valence-corrected chi connectivity index (χ3v) is 3.39. The van der Waals surface area contributed by atoms with Gasteiger partial charge in [0.2, 0.25) is 0 Å². The molecule has 0 bridgehead atoms. The van der Waals surface area contributed by atoms with Crippen molar-refractivity contribution in [1.29, 1.82) is 0 Å². The van der Waals surface area contributed by atoms with E-state index in [-0.39, 0.29) is 0 Å². The van der Waals surface area contributed by atoms with E-state index in [0.717, 1.165) is 25.1 Å². The van der Waals surface area contributed by atoms with Crippen LogP contribution in [0, 0.1) is 5.92 Å². The van der Waals surface area contributed by atoms with E-state index in [2.05, 4.69) is 44.3 Å². The van der Waals surface area contributed by atoms with Crippen molar-refractivity contribution in [2.24, 2.45) is 5.92 Å². The highest BCUT2D eigenvalue weighted by Gasteiger charge is 2.12. The number of nitrogens with one attached hydrogen (secondary N) is 1. The van der Waals surface area contributed by atoms with Gasteiger partial charge in [-0.1, -0.05) is 45.4 Å². The molecule has 0 aliphatic rings. The molecule has 0 atom stereocenters. The van der Waals surface area contributed by atoms with Crippen LogP contribution in [0.25, 0.3) is 11.0 Å². The Morgan fingerprint density at radius 2 is 2.00 bits per heavy atom. The fraction of sp³-hybridized carbons (Fsp3) is 0.529. The molecule has 1 aromatic carbocycles. The Labute approximate surface area is 116 Å². The van der Waals surface area contributed by atoms with Crippen molar-refractivity contribution < 1.29 is 4.42 Å². The van der Waals surface area contributed by atoms with Crippen molar-refractivity contribution in [2.75, 3.05) is 6.54 Å². The lowest BCUT2D eigenvalue weighted by Crippen LogP contribution is -2.19. The van der Waals surface area contributed by atoms with Crippen LogP contribution in [0.15, 0.2) is 28.7 Å². The number of unbranched alkanes of at least 4 members (excludes halogenated alkanes) is 1.